The molecule has 0 aromatic heterocycles. The second-order valence-corrected chi connectivity index (χ2v) is 23.1. The lowest BCUT2D eigenvalue weighted by molar-refractivity contribution is -0.117. The van der Waals surface area contributed by atoms with Gasteiger partial charge in [-0.1, -0.05) is 45.3 Å². The van der Waals surface area contributed by atoms with Gasteiger partial charge in [0.25, 0.3) is 8.53 Å². The summed E-state index contributed by atoms with van der Waals surface area (Å²) in [7, 11) is -8.50. The van der Waals surface area contributed by atoms with Gasteiger partial charge in [0.1, 0.15) is 36.6 Å². The number of ketones is 1. The molecule has 74 heavy (non-hydrogen) atoms. The summed E-state index contributed by atoms with van der Waals surface area (Å²) in [5.41, 5.74) is 1.08. The molecule has 2 rings (SSSR count). The Hall–Kier alpha value is -2.58. The number of allylic oxidation sites excluding steroid dienone is 1. The zero-order valence-electron chi connectivity index (χ0n) is 45.2. The summed E-state index contributed by atoms with van der Waals surface area (Å²) in [5.74, 6) is -0.0288. The molecule has 0 aliphatic carbocycles. The van der Waals surface area contributed by atoms with Crippen LogP contribution in [0.15, 0.2) is 24.3 Å². The van der Waals surface area contributed by atoms with Crippen molar-refractivity contribution in [3.63, 3.8) is 0 Å². The predicted octanol–water partition coefficient (Wildman–Crippen LogP) is 8.83. The number of hydrogen-bond acceptors (Lipinski definition) is 21. The Morgan fingerprint density at radius 3 is 1.66 bits per heavy atom. The number of nitrogens with one attached hydrogen (secondary N) is 1. The van der Waals surface area contributed by atoms with Gasteiger partial charge in [0, 0.05) is 37.7 Å². The quantitative estimate of drug-likeness (QED) is 0.0293. The number of amides is 1. The Bertz CT molecular complexity index is 1870. The number of ether oxygens (including phenoxy) is 3. The number of phosphoric ester groups is 2. The van der Waals surface area contributed by atoms with E-state index in [0.717, 1.165) is 51.4 Å². The fourth-order valence-corrected chi connectivity index (χ4v) is 11.6. The molecule has 2 fully saturated rings. The van der Waals surface area contributed by atoms with Gasteiger partial charge in [0.2, 0.25) is 5.91 Å². The Labute approximate surface area is 441 Å². The molecule has 1 amide bonds. The molecule has 3 N–H and O–H groups in total. The van der Waals surface area contributed by atoms with Crippen LogP contribution in [0, 0.1) is 34.0 Å². The molecule has 0 bridgehead atoms. The molecule has 0 aromatic carbocycles. The first-order chi connectivity index (χ1) is 35.1. The molecule has 2 aliphatic rings. The highest BCUT2D eigenvalue weighted by Gasteiger charge is 2.49. The van der Waals surface area contributed by atoms with E-state index in [1.165, 1.54) is 14.0 Å². The van der Waals surface area contributed by atoms with E-state index in [0.29, 0.717) is 62.3 Å². The second kappa shape index (κ2) is 38.9. The number of carbonyl (C=O) groups is 2. The Morgan fingerprint density at radius 2 is 1.12 bits per heavy atom. The first-order valence-electron chi connectivity index (χ1n) is 25.5. The number of rotatable bonds is 40. The van der Waals surface area contributed by atoms with Crippen molar-refractivity contribution in [2.24, 2.45) is 0 Å². The van der Waals surface area contributed by atoms with Crippen molar-refractivity contribution in [2.45, 2.75) is 200 Å². The van der Waals surface area contributed by atoms with Crippen LogP contribution in [0.5, 0.6) is 0 Å². The Kier molecular flexibility index (Phi) is 36.5. The van der Waals surface area contributed by atoms with Crippen molar-refractivity contribution >= 4 is 35.9 Å². The van der Waals surface area contributed by atoms with E-state index in [1.54, 1.807) is 20.8 Å². The fourth-order valence-electron chi connectivity index (χ4n) is 7.32. The van der Waals surface area contributed by atoms with Crippen LogP contribution in [0.2, 0.25) is 0 Å². The number of carbonyl (C=O) groups excluding carboxylic acids is 2. The maximum atomic E-state index is 13.8. The zero-order chi connectivity index (χ0) is 55.7. The van der Waals surface area contributed by atoms with Crippen LogP contribution in [0.25, 0.3) is 0 Å². The molecule has 2 heterocycles. The van der Waals surface area contributed by atoms with Gasteiger partial charge in [0.05, 0.1) is 95.9 Å². The minimum atomic E-state index is -4.51. The lowest BCUT2D eigenvalue weighted by Crippen LogP contribution is -2.37. The van der Waals surface area contributed by atoms with Gasteiger partial charge < -0.3 is 38.8 Å². The largest absolute Gasteiger partial charge is 0.475 e. The summed E-state index contributed by atoms with van der Waals surface area (Å²) >= 11 is 0. The van der Waals surface area contributed by atoms with Crippen molar-refractivity contribution in [1.82, 2.24) is 9.99 Å². The van der Waals surface area contributed by atoms with Gasteiger partial charge in [-0.2, -0.15) is 15.8 Å². The molecular formula is C49H86N5O17P3. The molecular weight excluding hydrogens is 1020 g/mol. The third-order valence-electron chi connectivity index (χ3n) is 11.3. The number of nitrogens with zero attached hydrogens (tertiary/aromatic N) is 4. The van der Waals surface area contributed by atoms with E-state index in [2.05, 4.69) is 56.9 Å². The number of Topliss-reactive ketones (excluding diaryl/α,β-unsaturated/α-hetero) is 1. The van der Waals surface area contributed by atoms with E-state index in [9.17, 15) is 28.9 Å². The summed E-state index contributed by atoms with van der Waals surface area (Å²) in [6.45, 7) is 22.7. The molecule has 25 heteroatoms. The highest BCUT2D eigenvalue weighted by atomic mass is 31.2. The predicted molar refractivity (Wildman–Crippen MR) is 277 cm³/mol. The molecule has 424 valence electrons. The van der Waals surface area contributed by atoms with Crippen molar-refractivity contribution in [3.05, 3.63) is 24.3 Å². The van der Waals surface area contributed by atoms with Crippen molar-refractivity contribution in [3.8, 4) is 18.2 Å². The van der Waals surface area contributed by atoms with Gasteiger partial charge in [0.15, 0.2) is 5.78 Å². The third-order valence-corrected chi connectivity index (χ3v) is 16.3. The number of hydrogen-bond donors (Lipinski definition) is 3. The van der Waals surface area contributed by atoms with Crippen LogP contribution in [0.3, 0.4) is 0 Å². The van der Waals surface area contributed by atoms with Gasteiger partial charge in [-0.05, 0) is 86.6 Å². The lowest BCUT2D eigenvalue weighted by Gasteiger charge is -2.35. The maximum Gasteiger partial charge on any atom is 0.475 e. The highest BCUT2D eigenvalue weighted by molar-refractivity contribution is 7.48. The topological polar surface area (TPSA) is 297 Å². The van der Waals surface area contributed by atoms with Crippen LogP contribution >= 0.6 is 24.2 Å². The first-order valence-corrected chi connectivity index (χ1v) is 29.5. The molecule has 11 atom stereocenters. The van der Waals surface area contributed by atoms with Crippen molar-refractivity contribution in [2.75, 3.05) is 59.9 Å². The maximum absolute atomic E-state index is 13.8. The molecule has 2 aliphatic heterocycles. The molecule has 0 aromatic rings. The van der Waals surface area contributed by atoms with Crippen LogP contribution in [0.4, 0.5) is 0 Å². The summed E-state index contributed by atoms with van der Waals surface area (Å²) in [6, 6.07) is 6.49. The normalized spacial score (nSPS) is 23.5. The number of nitriles is 3. The summed E-state index contributed by atoms with van der Waals surface area (Å²) in [6.07, 6.45) is 0.387. The molecule has 5 unspecified atom stereocenters. The monoisotopic (exact) mass is 1110 g/mol. The van der Waals surface area contributed by atoms with Crippen molar-refractivity contribution < 1.29 is 79.3 Å². The average Bonchev–Trinajstić information content (AvgIpc) is 3.78. The Morgan fingerprint density at radius 1 is 0.662 bits per heavy atom. The standard InChI is InChI=1S/C30H50N2O14P2.C19H36N3O3P/c1-21(2)24(33)13-9-7-6-8-10-16-39-47(36,40-17-11-14-31)42-20-26-30(28(35)23(4)45-26)46-48(37,41-18-12-15-32)43-19-25-29(38-5)27(34)22(3)44-25;1-16(2)19(23)21-13-9-7-8-10-14-24-26(25-15-11-12-20)22(17(3)4)18(5)6/h22-23,25-30,34-35H,1,6-13,16-20H2,2-5H3;17-18H,1,7-11,13-15H2,2-6H3,(H,21,23)/t22-,23-,25+,26+,27+,28+,29?,30?,47?,48?;/m0./s1. The highest BCUT2D eigenvalue weighted by Crippen LogP contribution is 2.54. The molecule has 0 radical (unpaired) electrons. The van der Waals surface area contributed by atoms with Crippen molar-refractivity contribution in [1.29, 1.82) is 15.8 Å². The van der Waals surface area contributed by atoms with E-state index in [4.69, 9.17) is 66.2 Å². The number of methoxy groups -OCH3 is 1. The summed E-state index contributed by atoms with van der Waals surface area (Å²) in [4.78, 5) is 23.0. The lowest BCUT2D eigenvalue weighted by atomic mass is 10.1. The fraction of sp³-hybridized carbons (Fsp3) is 0.816. The SMILES string of the molecule is C=C(C)C(=O)CCCCCCCOP(=O)(OCCC#N)OC[C@H]1O[C@@H](C)[C@@H](O)C1OP(=O)(OCCC#N)OC[C@H]1O[C@@H](C)[C@@H](O)C1OC.C=C(C)C(=O)NCCCCCCOP(OCCC#N)N(C(C)C)C(C)C. The second-order valence-electron chi connectivity index (χ2n) is 18.4. The Balaban J connectivity index is 0.000000890. The molecule has 22 nitrogen and oxygen atoms in total. The molecule has 0 saturated carbocycles. The van der Waals surface area contributed by atoms with Gasteiger partial charge in [-0.25, -0.2) is 13.8 Å². The van der Waals surface area contributed by atoms with E-state index in [-0.39, 0.29) is 51.0 Å². The van der Waals surface area contributed by atoms with Gasteiger partial charge >= 0.3 is 15.6 Å². The smallest absolute Gasteiger partial charge is 0.388 e. The minimum Gasteiger partial charge on any atom is -0.388 e. The van der Waals surface area contributed by atoms with E-state index in [1.807, 2.05) is 12.1 Å². The van der Waals surface area contributed by atoms with Crippen LogP contribution < -0.4 is 5.32 Å². The van der Waals surface area contributed by atoms with Crippen LogP contribution in [-0.4, -0.2) is 147 Å². The van der Waals surface area contributed by atoms with Gasteiger partial charge in [-0.15, -0.1) is 0 Å². The van der Waals surface area contributed by atoms with Crippen LogP contribution in [0.1, 0.15) is 139 Å². The molecule has 2 saturated heterocycles. The summed E-state index contributed by atoms with van der Waals surface area (Å²) in [5, 5.41) is 50.6. The van der Waals surface area contributed by atoms with Crippen LogP contribution in [-0.2, 0) is 69.1 Å². The zero-order valence-corrected chi connectivity index (χ0v) is 47.9. The number of unbranched alkanes of at least 4 members (excludes halogenated alkanes) is 7. The minimum absolute atomic E-state index is 0.0216. The van der Waals surface area contributed by atoms with E-state index < -0.39 is 79.6 Å². The third kappa shape index (κ3) is 27.6. The number of aliphatic hydroxyl groups is 2. The first kappa shape index (κ1) is 69.4. The number of aliphatic hydroxyl groups excluding tert-OH is 2. The molecule has 0 spiro atoms. The van der Waals surface area contributed by atoms with E-state index >= 15 is 0 Å². The van der Waals surface area contributed by atoms with Gasteiger partial charge in [-0.3, -0.25) is 36.7 Å². The average molecular weight is 1110 g/mol. The summed E-state index contributed by atoms with van der Waals surface area (Å²) < 4.78 is 91.0. The number of phosphoric acid groups is 2.